The molecule has 1 fully saturated rings. The van der Waals surface area contributed by atoms with Gasteiger partial charge in [0.05, 0.1) is 21.8 Å². The van der Waals surface area contributed by atoms with Crippen LogP contribution in [0.4, 0.5) is 17.3 Å². The van der Waals surface area contributed by atoms with Crippen LogP contribution in [0.3, 0.4) is 0 Å². The largest absolute Gasteiger partial charge is 0.357 e. The third kappa shape index (κ3) is 4.58. The van der Waals surface area contributed by atoms with E-state index in [1.54, 1.807) is 48.7 Å². The number of nitrogens with zero attached hydrogens (tertiary/aromatic N) is 3. The highest BCUT2D eigenvalue weighted by atomic mass is 35.5. The van der Waals surface area contributed by atoms with Crippen molar-refractivity contribution in [2.75, 3.05) is 28.6 Å². The fourth-order valence-corrected chi connectivity index (χ4v) is 3.38. The summed E-state index contributed by atoms with van der Waals surface area (Å²) in [6.45, 7) is 1.98. The van der Waals surface area contributed by atoms with Crippen molar-refractivity contribution in [2.24, 2.45) is 0 Å². The summed E-state index contributed by atoms with van der Waals surface area (Å²) in [7, 11) is 0. The molecule has 152 valence electrons. The summed E-state index contributed by atoms with van der Waals surface area (Å²) in [5, 5.41) is 5.97. The Morgan fingerprint density at radius 2 is 1.67 bits per heavy atom. The summed E-state index contributed by atoms with van der Waals surface area (Å²) >= 11 is 5.82. The number of aromatic nitrogens is 2. The molecular formula is C22H20ClN5O2. The maximum atomic E-state index is 12.7. The molecule has 8 heteroatoms. The van der Waals surface area contributed by atoms with Gasteiger partial charge in [0.1, 0.15) is 11.6 Å². The zero-order valence-corrected chi connectivity index (χ0v) is 16.9. The van der Waals surface area contributed by atoms with Crippen LogP contribution in [-0.2, 0) is 0 Å². The van der Waals surface area contributed by atoms with E-state index in [-0.39, 0.29) is 11.8 Å². The lowest BCUT2D eigenvalue weighted by Crippen LogP contribution is -2.20. The molecule has 1 aliphatic heterocycles. The monoisotopic (exact) mass is 421 g/mol. The van der Waals surface area contributed by atoms with Gasteiger partial charge in [0.2, 0.25) is 0 Å². The fourth-order valence-electron chi connectivity index (χ4n) is 3.27. The molecule has 0 radical (unpaired) electrons. The van der Waals surface area contributed by atoms with Crippen LogP contribution in [0.5, 0.6) is 0 Å². The van der Waals surface area contributed by atoms with E-state index in [4.69, 9.17) is 11.6 Å². The summed E-state index contributed by atoms with van der Waals surface area (Å²) < 4.78 is 0. The van der Waals surface area contributed by atoms with Gasteiger partial charge in [-0.05, 0) is 49.2 Å². The maximum absolute atomic E-state index is 12.7. The van der Waals surface area contributed by atoms with Crippen molar-refractivity contribution in [3.8, 4) is 0 Å². The van der Waals surface area contributed by atoms with Crippen LogP contribution < -0.4 is 15.5 Å². The van der Waals surface area contributed by atoms with Crippen LogP contribution in [0.25, 0.3) is 0 Å². The summed E-state index contributed by atoms with van der Waals surface area (Å²) in [5.41, 5.74) is 1.15. The highest BCUT2D eigenvalue weighted by Gasteiger charge is 2.17. The summed E-state index contributed by atoms with van der Waals surface area (Å²) in [5.74, 6) is 0.523. The number of hydrogen-bond acceptors (Lipinski definition) is 5. The van der Waals surface area contributed by atoms with Gasteiger partial charge in [0, 0.05) is 25.5 Å². The lowest BCUT2D eigenvalue weighted by atomic mass is 10.1. The van der Waals surface area contributed by atoms with Crippen LogP contribution in [0, 0.1) is 0 Å². The molecule has 4 rings (SSSR count). The normalized spacial score (nSPS) is 13.2. The van der Waals surface area contributed by atoms with E-state index in [1.165, 1.54) is 6.20 Å². The number of anilines is 3. The molecule has 1 aromatic carbocycles. The molecule has 2 aromatic heterocycles. The van der Waals surface area contributed by atoms with E-state index >= 15 is 0 Å². The molecule has 7 nitrogen and oxygen atoms in total. The fraction of sp³-hybridized carbons (Fsp3) is 0.182. The first-order chi connectivity index (χ1) is 14.6. The number of pyridine rings is 2. The van der Waals surface area contributed by atoms with E-state index in [1.807, 2.05) is 6.07 Å². The third-order valence-electron chi connectivity index (χ3n) is 4.83. The standard InChI is InChI=1S/C22H20ClN5O2/c23-16-8-9-19(24-14-16)27-22(30)17-5-1-2-6-18(17)26-21(29)15-7-10-20(25-13-15)28-11-3-4-12-28/h1-2,5-10,13-14H,3-4,11-12H2,(H,26,29)(H,24,27,30). The molecule has 0 aliphatic carbocycles. The zero-order valence-electron chi connectivity index (χ0n) is 16.1. The van der Waals surface area contributed by atoms with Crippen molar-refractivity contribution in [1.29, 1.82) is 0 Å². The molecule has 0 bridgehead atoms. The van der Waals surface area contributed by atoms with Crippen molar-refractivity contribution in [2.45, 2.75) is 12.8 Å². The quantitative estimate of drug-likeness (QED) is 0.643. The third-order valence-corrected chi connectivity index (χ3v) is 5.05. The molecule has 0 atom stereocenters. The van der Waals surface area contributed by atoms with E-state index in [0.717, 1.165) is 31.7 Å². The van der Waals surface area contributed by atoms with E-state index in [0.29, 0.717) is 27.7 Å². The number of hydrogen-bond donors (Lipinski definition) is 2. The average Bonchev–Trinajstić information content (AvgIpc) is 3.31. The van der Waals surface area contributed by atoms with Gasteiger partial charge in [0.15, 0.2) is 0 Å². The second-order valence-electron chi connectivity index (χ2n) is 6.91. The molecule has 3 heterocycles. The van der Waals surface area contributed by atoms with Crippen molar-refractivity contribution in [3.63, 3.8) is 0 Å². The molecule has 0 unspecified atom stereocenters. The van der Waals surface area contributed by atoms with Crippen LogP contribution in [-0.4, -0.2) is 34.9 Å². The van der Waals surface area contributed by atoms with Crippen molar-refractivity contribution in [1.82, 2.24) is 9.97 Å². The predicted octanol–water partition coefficient (Wildman–Crippen LogP) is 4.23. The SMILES string of the molecule is O=C(Nc1ccccc1C(=O)Nc1ccc(Cl)cn1)c1ccc(N2CCCC2)nc1. The first kappa shape index (κ1) is 19.8. The molecule has 1 saturated heterocycles. The highest BCUT2D eigenvalue weighted by molar-refractivity contribution is 6.30. The number of halogens is 1. The second-order valence-corrected chi connectivity index (χ2v) is 7.35. The van der Waals surface area contributed by atoms with Gasteiger partial charge in [-0.2, -0.15) is 0 Å². The number of benzene rings is 1. The van der Waals surface area contributed by atoms with Gasteiger partial charge in [-0.15, -0.1) is 0 Å². The predicted molar refractivity (Wildman–Crippen MR) is 117 cm³/mol. The second kappa shape index (κ2) is 8.92. The number of carbonyl (C=O) groups excluding carboxylic acids is 2. The first-order valence-electron chi connectivity index (χ1n) is 9.64. The van der Waals surface area contributed by atoms with E-state index in [2.05, 4.69) is 25.5 Å². The Kier molecular flexibility index (Phi) is 5.90. The smallest absolute Gasteiger partial charge is 0.258 e. The van der Waals surface area contributed by atoms with Crippen molar-refractivity contribution in [3.05, 3.63) is 77.1 Å². The maximum Gasteiger partial charge on any atom is 0.258 e. The van der Waals surface area contributed by atoms with E-state index < -0.39 is 0 Å². The molecule has 2 amide bonds. The minimum absolute atomic E-state index is 0.323. The topological polar surface area (TPSA) is 87.2 Å². The summed E-state index contributed by atoms with van der Waals surface area (Å²) in [6.07, 6.45) is 5.33. The summed E-state index contributed by atoms with van der Waals surface area (Å²) in [6, 6.07) is 13.6. The zero-order chi connectivity index (χ0) is 20.9. The van der Waals surface area contributed by atoms with Crippen LogP contribution in [0.2, 0.25) is 5.02 Å². The highest BCUT2D eigenvalue weighted by Crippen LogP contribution is 2.20. The Labute approximate surface area is 179 Å². The Morgan fingerprint density at radius 3 is 2.37 bits per heavy atom. The van der Waals surface area contributed by atoms with Gasteiger partial charge in [-0.25, -0.2) is 9.97 Å². The summed E-state index contributed by atoms with van der Waals surface area (Å²) in [4.78, 5) is 36.0. The first-order valence-corrected chi connectivity index (χ1v) is 10.0. The average molecular weight is 422 g/mol. The number of nitrogens with one attached hydrogen (secondary N) is 2. The van der Waals surface area contributed by atoms with Crippen LogP contribution in [0.1, 0.15) is 33.6 Å². The Balaban J connectivity index is 1.47. The Bertz CT molecular complexity index is 1050. The number of carbonyl (C=O) groups is 2. The van der Waals surface area contributed by atoms with Gasteiger partial charge < -0.3 is 15.5 Å². The number of para-hydroxylation sites is 1. The van der Waals surface area contributed by atoms with Gasteiger partial charge in [-0.1, -0.05) is 23.7 Å². The molecule has 3 aromatic rings. The molecular weight excluding hydrogens is 402 g/mol. The lowest BCUT2D eigenvalue weighted by Gasteiger charge is -2.16. The molecule has 0 saturated carbocycles. The van der Waals surface area contributed by atoms with Gasteiger partial charge >= 0.3 is 0 Å². The molecule has 30 heavy (non-hydrogen) atoms. The Morgan fingerprint density at radius 1 is 0.867 bits per heavy atom. The van der Waals surface area contributed by atoms with E-state index in [9.17, 15) is 9.59 Å². The molecule has 2 N–H and O–H groups in total. The minimum atomic E-state index is -0.386. The number of amides is 2. The van der Waals surface area contributed by atoms with Gasteiger partial charge in [0.25, 0.3) is 11.8 Å². The number of rotatable bonds is 5. The van der Waals surface area contributed by atoms with Crippen LogP contribution >= 0.6 is 11.6 Å². The van der Waals surface area contributed by atoms with Crippen LogP contribution in [0.15, 0.2) is 60.9 Å². The van der Waals surface area contributed by atoms with Crippen molar-refractivity contribution >= 4 is 40.7 Å². The Hall–Kier alpha value is -3.45. The minimum Gasteiger partial charge on any atom is -0.357 e. The van der Waals surface area contributed by atoms with Gasteiger partial charge in [-0.3, -0.25) is 9.59 Å². The lowest BCUT2D eigenvalue weighted by molar-refractivity contribution is 0.102. The molecule has 1 aliphatic rings. The molecule has 0 spiro atoms. The van der Waals surface area contributed by atoms with Crippen molar-refractivity contribution < 1.29 is 9.59 Å².